The molecule has 1 aromatic carbocycles. The third-order valence-electron chi connectivity index (χ3n) is 2.98. The highest BCUT2D eigenvalue weighted by molar-refractivity contribution is 9.10. The molecule has 1 saturated carbocycles. The number of aromatic hydroxyl groups is 1. The minimum absolute atomic E-state index is 0.00475. The molecule has 0 spiro atoms. The molecule has 0 radical (unpaired) electrons. The van der Waals surface area contributed by atoms with Crippen molar-refractivity contribution < 1.29 is 18.3 Å². The minimum Gasteiger partial charge on any atom is -0.506 e. The van der Waals surface area contributed by atoms with Gasteiger partial charge in [-0.2, -0.15) is 13.2 Å². The molecule has 0 heterocycles. The third kappa shape index (κ3) is 2.42. The van der Waals surface area contributed by atoms with Crippen LogP contribution < -0.4 is 5.32 Å². The van der Waals surface area contributed by atoms with Gasteiger partial charge in [0.25, 0.3) is 0 Å². The van der Waals surface area contributed by atoms with Crippen molar-refractivity contribution in [2.24, 2.45) is 0 Å². The zero-order valence-corrected chi connectivity index (χ0v) is 10.4. The summed E-state index contributed by atoms with van der Waals surface area (Å²) in [7, 11) is 0. The maximum Gasteiger partial charge on any atom is 0.406 e. The number of hydrogen-bond donors (Lipinski definition) is 2. The quantitative estimate of drug-likeness (QED) is 0.897. The fourth-order valence-electron chi connectivity index (χ4n) is 1.65. The van der Waals surface area contributed by atoms with E-state index in [0.29, 0.717) is 10.0 Å². The summed E-state index contributed by atoms with van der Waals surface area (Å²) in [4.78, 5) is 0. The van der Waals surface area contributed by atoms with Crippen molar-refractivity contribution in [3.8, 4) is 5.75 Å². The lowest BCUT2D eigenvalue weighted by atomic mass is 10.1. The summed E-state index contributed by atoms with van der Waals surface area (Å²) in [6.45, 7) is 0.00475. The fraction of sp³-hybridized carbons (Fsp3) is 0.455. The topological polar surface area (TPSA) is 32.3 Å². The first kappa shape index (κ1) is 12.7. The highest BCUT2D eigenvalue weighted by atomic mass is 79.9. The molecule has 1 fully saturated rings. The summed E-state index contributed by atoms with van der Waals surface area (Å²) < 4.78 is 38.4. The molecular weight excluding hydrogens is 299 g/mol. The monoisotopic (exact) mass is 309 g/mol. The second-order valence-electron chi connectivity index (χ2n) is 4.18. The molecule has 17 heavy (non-hydrogen) atoms. The van der Waals surface area contributed by atoms with Crippen molar-refractivity contribution in [2.75, 3.05) is 0 Å². The Morgan fingerprint density at radius 1 is 1.35 bits per heavy atom. The molecule has 6 heteroatoms. The maximum absolute atomic E-state index is 12.6. The van der Waals surface area contributed by atoms with Crippen molar-refractivity contribution in [1.29, 1.82) is 0 Å². The number of halogens is 4. The lowest BCUT2D eigenvalue weighted by Gasteiger charge is -2.21. The van der Waals surface area contributed by atoms with Gasteiger partial charge in [-0.1, -0.05) is 12.1 Å². The molecule has 0 aliphatic heterocycles. The van der Waals surface area contributed by atoms with Crippen LogP contribution in [0.3, 0.4) is 0 Å². The molecule has 94 valence electrons. The van der Waals surface area contributed by atoms with Gasteiger partial charge in [0.15, 0.2) is 0 Å². The van der Waals surface area contributed by atoms with Crippen LogP contribution in [-0.4, -0.2) is 16.8 Å². The summed E-state index contributed by atoms with van der Waals surface area (Å²) in [5.41, 5.74) is -1.29. The van der Waals surface area contributed by atoms with Gasteiger partial charge >= 0.3 is 6.18 Å². The third-order valence-corrected chi connectivity index (χ3v) is 3.62. The Morgan fingerprint density at radius 3 is 2.53 bits per heavy atom. The number of alkyl halides is 3. The predicted octanol–water partition coefficient (Wildman–Crippen LogP) is 3.34. The van der Waals surface area contributed by atoms with E-state index < -0.39 is 11.7 Å². The normalized spacial score (nSPS) is 18.1. The van der Waals surface area contributed by atoms with E-state index in [1.807, 2.05) is 0 Å². The van der Waals surface area contributed by atoms with Gasteiger partial charge in [-0.3, -0.25) is 5.32 Å². The second kappa shape index (κ2) is 4.17. The summed E-state index contributed by atoms with van der Waals surface area (Å²) in [5.74, 6) is -0.0158. The van der Waals surface area contributed by atoms with E-state index in [1.165, 1.54) is 0 Å². The van der Waals surface area contributed by atoms with Gasteiger partial charge in [0.05, 0.1) is 4.47 Å². The lowest BCUT2D eigenvalue weighted by molar-refractivity contribution is -0.166. The maximum atomic E-state index is 12.6. The molecule has 0 saturated heterocycles. The fourth-order valence-corrected chi connectivity index (χ4v) is 2.06. The number of rotatable bonds is 3. The first-order chi connectivity index (χ1) is 7.86. The average Bonchev–Trinajstić information content (AvgIpc) is 3.00. The number of benzene rings is 1. The van der Waals surface area contributed by atoms with Crippen LogP contribution in [0.25, 0.3) is 0 Å². The van der Waals surface area contributed by atoms with Gasteiger partial charge in [0, 0.05) is 12.1 Å². The lowest BCUT2D eigenvalue weighted by Crippen LogP contribution is -2.44. The van der Waals surface area contributed by atoms with Crippen LogP contribution in [0.1, 0.15) is 18.4 Å². The SMILES string of the molecule is Oc1c(Br)cccc1CNC1(C(F)(F)F)CC1. The Labute approximate surface area is 105 Å². The van der Waals surface area contributed by atoms with Crippen molar-refractivity contribution in [1.82, 2.24) is 5.32 Å². The number of hydrogen-bond acceptors (Lipinski definition) is 2. The van der Waals surface area contributed by atoms with Gasteiger partial charge in [-0.15, -0.1) is 0 Å². The molecule has 1 aliphatic carbocycles. The van der Waals surface area contributed by atoms with Crippen molar-refractivity contribution in [3.63, 3.8) is 0 Å². The zero-order chi connectivity index (χ0) is 12.7. The van der Waals surface area contributed by atoms with Gasteiger partial charge < -0.3 is 5.11 Å². The molecule has 0 unspecified atom stereocenters. The molecule has 1 aliphatic rings. The molecule has 2 N–H and O–H groups in total. The molecule has 2 rings (SSSR count). The van der Waals surface area contributed by atoms with Crippen LogP contribution in [0, 0.1) is 0 Å². The number of phenolic OH excluding ortho intramolecular Hbond substituents is 1. The van der Waals surface area contributed by atoms with Crippen molar-refractivity contribution >= 4 is 15.9 Å². The Bertz CT molecular complexity index is 429. The molecule has 1 aromatic rings. The first-order valence-corrected chi connectivity index (χ1v) is 5.93. The summed E-state index contributed by atoms with van der Waals surface area (Å²) in [5, 5.41) is 12.1. The van der Waals surface area contributed by atoms with Crippen LogP contribution in [-0.2, 0) is 6.54 Å². The van der Waals surface area contributed by atoms with Crippen LogP contribution in [0.2, 0.25) is 0 Å². The van der Waals surface area contributed by atoms with E-state index in [9.17, 15) is 18.3 Å². The average molecular weight is 310 g/mol. The van der Waals surface area contributed by atoms with Crippen LogP contribution in [0.15, 0.2) is 22.7 Å². The van der Waals surface area contributed by atoms with Gasteiger partial charge in [-0.05, 0) is 34.8 Å². The van der Waals surface area contributed by atoms with Gasteiger partial charge in [-0.25, -0.2) is 0 Å². The van der Waals surface area contributed by atoms with Crippen molar-refractivity contribution in [3.05, 3.63) is 28.2 Å². The highest BCUT2D eigenvalue weighted by Gasteiger charge is 2.62. The van der Waals surface area contributed by atoms with E-state index in [0.717, 1.165) is 0 Å². The van der Waals surface area contributed by atoms with Gasteiger partial charge in [0.2, 0.25) is 0 Å². The van der Waals surface area contributed by atoms with Crippen molar-refractivity contribution in [2.45, 2.75) is 31.1 Å². The predicted molar refractivity (Wildman–Crippen MR) is 60.7 cm³/mol. The zero-order valence-electron chi connectivity index (χ0n) is 8.81. The number of para-hydroxylation sites is 1. The highest BCUT2D eigenvalue weighted by Crippen LogP contribution is 2.49. The van der Waals surface area contributed by atoms with Crippen LogP contribution in [0.4, 0.5) is 13.2 Å². The number of nitrogens with one attached hydrogen (secondary N) is 1. The standard InChI is InChI=1S/C11H11BrF3NO/c12-8-3-1-2-7(9(8)17)6-16-10(4-5-10)11(13,14)15/h1-3,16-17H,4-6H2. The van der Waals surface area contributed by atoms with E-state index in [4.69, 9.17) is 0 Å². The minimum atomic E-state index is -4.23. The summed E-state index contributed by atoms with van der Waals surface area (Å²) in [6.07, 6.45) is -4.02. The largest absolute Gasteiger partial charge is 0.506 e. The second-order valence-corrected chi connectivity index (χ2v) is 5.04. The molecule has 0 atom stereocenters. The molecule has 0 bridgehead atoms. The Morgan fingerprint density at radius 2 is 2.00 bits per heavy atom. The molecule has 0 aromatic heterocycles. The summed E-state index contributed by atoms with van der Waals surface area (Å²) >= 11 is 3.12. The first-order valence-electron chi connectivity index (χ1n) is 5.14. The van der Waals surface area contributed by atoms with Crippen LogP contribution in [0.5, 0.6) is 5.75 Å². The van der Waals surface area contributed by atoms with E-state index >= 15 is 0 Å². The van der Waals surface area contributed by atoms with E-state index in [-0.39, 0.29) is 25.1 Å². The summed E-state index contributed by atoms with van der Waals surface area (Å²) in [6, 6.07) is 4.91. The smallest absolute Gasteiger partial charge is 0.406 e. The van der Waals surface area contributed by atoms with Crippen LogP contribution >= 0.6 is 15.9 Å². The van der Waals surface area contributed by atoms with E-state index in [2.05, 4.69) is 21.2 Å². The Kier molecular flexibility index (Phi) is 3.12. The Hall–Kier alpha value is -0.750. The van der Waals surface area contributed by atoms with Gasteiger partial charge in [0.1, 0.15) is 11.3 Å². The Balaban J connectivity index is 2.06. The van der Waals surface area contributed by atoms with E-state index in [1.54, 1.807) is 18.2 Å². The molecular formula is C11H11BrF3NO. The number of phenols is 1. The molecule has 2 nitrogen and oxygen atoms in total. The molecule has 0 amide bonds.